The van der Waals surface area contributed by atoms with Crippen LogP contribution in [-0.4, -0.2) is 40.9 Å². The van der Waals surface area contributed by atoms with Crippen molar-refractivity contribution in [2.45, 2.75) is 12.5 Å². The topological polar surface area (TPSA) is 81.8 Å². The van der Waals surface area contributed by atoms with Crippen LogP contribution in [0.3, 0.4) is 0 Å². The molecule has 2 aromatic rings. The van der Waals surface area contributed by atoms with Gasteiger partial charge in [0.05, 0.1) is 12.1 Å². The number of nitrogens with one attached hydrogen (secondary N) is 2. The van der Waals surface area contributed by atoms with E-state index in [1.165, 1.54) is 35.2 Å². The van der Waals surface area contributed by atoms with Crippen molar-refractivity contribution in [3.8, 4) is 0 Å². The molecule has 0 aliphatic carbocycles. The zero-order valence-electron chi connectivity index (χ0n) is 14.9. The van der Waals surface area contributed by atoms with Gasteiger partial charge in [0.15, 0.2) is 0 Å². The standard InChI is InChI=1S/C19H17FN4O3S/c1-21-16(25)11-15-18(27)23(14-8-3-2-4-9-14)19(28)24(15)22-17(26)12-6-5-7-13(20)10-12/h2-10,15H,11H2,1H3,(H,21,25)(H,22,26). The Kier molecular flexibility index (Phi) is 5.65. The molecule has 1 heterocycles. The summed E-state index contributed by atoms with van der Waals surface area (Å²) in [6, 6.07) is 12.8. The number of hydrazine groups is 1. The number of thiocarbonyl (C=S) groups is 1. The largest absolute Gasteiger partial charge is 0.359 e. The van der Waals surface area contributed by atoms with E-state index in [9.17, 15) is 18.8 Å². The summed E-state index contributed by atoms with van der Waals surface area (Å²) >= 11 is 5.39. The Hall–Kier alpha value is -3.33. The predicted octanol–water partition coefficient (Wildman–Crippen LogP) is 1.61. The van der Waals surface area contributed by atoms with E-state index in [1.54, 1.807) is 30.3 Å². The van der Waals surface area contributed by atoms with E-state index in [4.69, 9.17) is 12.2 Å². The van der Waals surface area contributed by atoms with Gasteiger partial charge in [0, 0.05) is 12.6 Å². The number of benzene rings is 2. The number of carbonyl (C=O) groups is 3. The maximum atomic E-state index is 13.4. The third-order valence-electron chi connectivity index (χ3n) is 4.20. The summed E-state index contributed by atoms with van der Waals surface area (Å²) in [7, 11) is 1.45. The van der Waals surface area contributed by atoms with Crippen molar-refractivity contribution in [2.24, 2.45) is 0 Å². The lowest BCUT2D eigenvalue weighted by Gasteiger charge is -2.24. The van der Waals surface area contributed by atoms with Crippen molar-refractivity contribution >= 4 is 40.7 Å². The second kappa shape index (κ2) is 8.13. The van der Waals surface area contributed by atoms with Crippen LogP contribution in [0.4, 0.5) is 10.1 Å². The number of amides is 3. The molecule has 0 radical (unpaired) electrons. The van der Waals surface area contributed by atoms with E-state index >= 15 is 0 Å². The van der Waals surface area contributed by atoms with Crippen molar-refractivity contribution in [1.29, 1.82) is 0 Å². The minimum atomic E-state index is -1.02. The number of para-hydroxylation sites is 1. The molecular formula is C19H17FN4O3S. The van der Waals surface area contributed by atoms with Gasteiger partial charge in [0.25, 0.3) is 11.8 Å². The van der Waals surface area contributed by atoms with Gasteiger partial charge in [-0.15, -0.1) is 0 Å². The van der Waals surface area contributed by atoms with Crippen LogP contribution in [0, 0.1) is 5.82 Å². The lowest BCUT2D eigenvalue weighted by Crippen LogP contribution is -2.50. The van der Waals surface area contributed by atoms with E-state index in [0.29, 0.717) is 5.69 Å². The predicted molar refractivity (Wildman–Crippen MR) is 105 cm³/mol. The van der Waals surface area contributed by atoms with E-state index in [1.807, 2.05) is 0 Å². The fourth-order valence-electron chi connectivity index (χ4n) is 2.80. The highest BCUT2D eigenvalue weighted by Gasteiger charge is 2.45. The molecule has 0 spiro atoms. The zero-order chi connectivity index (χ0) is 20.3. The van der Waals surface area contributed by atoms with Gasteiger partial charge >= 0.3 is 0 Å². The Balaban J connectivity index is 1.91. The third kappa shape index (κ3) is 3.84. The lowest BCUT2D eigenvalue weighted by atomic mass is 10.2. The van der Waals surface area contributed by atoms with Crippen molar-refractivity contribution < 1.29 is 18.8 Å². The summed E-state index contributed by atoms with van der Waals surface area (Å²) in [5, 5.41) is 3.65. The van der Waals surface area contributed by atoms with Gasteiger partial charge in [0.2, 0.25) is 11.0 Å². The molecular weight excluding hydrogens is 383 g/mol. The summed E-state index contributed by atoms with van der Waals surface area (Å²) in [6.07, 6.45) is -0.206. The summed E-state index contributed by atoms with van der Waals surface area (Å²) in [6.45, 7) is 0. The monoisotopic (exact) mass is 400 g/mol. The van der Waals surface area contributed by atoms with Crippen LogP contribution in [0.1, 0.15) is 16.8 Å². The number of carbonyl (C=O) groups excluding carboxylic acids is 3. The number of anilines is 1. The second-order valence-corrected chi connectivity index (χ2v) is 6.37. The van der Waals surface area contributed by atoms with Crippen LogP contribution in [0.15, 0.2) is 54.6 Å². The van der Waals surface area contributed by atoms with Gasteiger partial charge in [-0.3, -0.25) is 24.7 Å². The van der Waals surface area contributed by atoms with Crippen LogP contribution in [0.2, 0.25) is 0 Å². The Morgan fingerprint density at radius 3 is 2.50 bits per heavy atom. The van der Waals surface area contributed by atoms with E-state index in [2.05, 4.69) is 10.7 Å². The summed E-state index contributed by atoms with van der Waals surface area (Å²) in [5.74, 6) is -2.05. The lowest BCUT2D eigenvalue weighted by molar-refractivity contribution is -0.127. The zero-order valence-corrected chi connectivity index (χ0v) is 15.7. The maximum absolute atomic E-state index is 13.4. The van der Waals surface area contributed by atoms with E-state index < -0.39 is 23.7 Å². The van der Waals surface area contributed by atoms with Crippen molar-refractivity contribution in [3.63, 3.8) is 0 Å². The van der Waals surface area contributed by atoms with Crippen LogP contribution in [0.25, 0.3) is 0 Å². The molecule has 0 saturated carbocycles. The first-order chi connectivity index (χ1) is 13.4. The summed E-state index contributed by atoms with van der Waals surface area (Å²) in [4.78, 5) is 38.6. The molecule has 1 fully saturated rings. The van der Waals surface area contributed by atoms with Crippen molar-refractivity contribution in [3.05, 3.63) is 66.0 Å². The first kappa shape index (κ1) is 19.4. The van der Waals surface area contributed by atoms with Crippen molar-refractivity contribution in [2.75, 3.05) is 11.9 Å². The van der Waals surface area contributed by atoms with Gasteiger partial charge in [-0.25, -0.2) is 9.40 Å². The maximum Gasteiger partial charge on any atom is 0.269 e. The van der Waals surface area contributed by atoms with Gasteiger partial charge in [-0.2, -0.15) is 0 Å². The van der Waals surface area contributed by atoms with Crippen LogP contribution >= 0.6 is 12.2 Å². The quantitative estimate of drug-likeness (QED) is 0.746. The molecule has 1 aliphatic rings. The van der Waals surface area contributed by atoms with Crippen LogP contribution in [-0.2, 0) is 9.59 Å². The molecule has 1 saturated heterocycles. The molecule has 2 N–H and O–H groups in total. The highest BCUT2D eigenvalue weighted by molar-refractivity contribution is 7.80. The molecule has 2 aromatic carbocycles. The molecule has 144 valence electrons. The van der Waals surface area contributed by atoms with Crippen LogP contribution in [0.5, 0.6) is 0 Å². The van der Waals surface area contributed by atoms with Gasteiger partial charge < -0.3 is 5.32 Å². The highest BCUT2D eigenvalue weighted by Crippen LogP contribution is 2.26. The Labute approximate surface area is 166 Å². The first-order valence-corrected chi connectivity index (χ1v) is 8.82. The molecule has 7 nitrogen and oxygen atoms in total. The number of rotatable bonds is 5. The second-order valence-electron chi connectivity index (χ2n) is 6.01. The number of hydrogen-bond donors (Lipinski definition) is 2. The minimum Gasteiger partial charge on any atom is -0.359 e. The molecule has 0 aromatic heterocycles. The smallest absolute Gasteiger partial charge is 0.269 e. The van der Waals surface area contributed by atoms with Gasteiger partial charge in [-0.1, -0.05) is 24.3 Å². The summed E-state index contributed by atoms with van der Waals surface area (Å²) in [5.41, 5.74) is 3.10. The van der Waals surface area contributed by atoms with Crippen molar-refractivity contribution in [1.82, 2.24) is 15.8 Å². The molecule has 9 heteroatoms. The first-order valence-electron chi connectivity index (χ1n) is 8.41. The van der Waals surface area contributed by atoms with E-state index in [0.717, 1.165) is 6.07 Å². The van der Waals surface area contributed by atoms with E-state index in [-0.39, 0.29) is 23.0 Å². The molecule has 28 heavy (non-hydrogen) atoms. The molecule has 1 unspecified atom stereocenters. The Morgan fingerprint density at radius 1 is 1.14 bits per heavy atom. The Bertz CT molecular complexity index is 938. The minimum absolute atomic E-state index is 0.0230. The summed E-state index contributed by atoms with van der Waals surface area (Å²) < 4.78 is 13.4. The molecule has 3 rings (SSSR count). The fraction of sp³-hybridized carbons (Fsp3) is 0.158. The average Bonchev–Trinajstić information content (AvgIpc) is 2.92. The molecule has 0 bridgehead atoms. The van der Waals surface area contributed by atoms with Gasteiger partial charge in [0.1, 0.15) is 11.9 Å². The Morgan fingerprint density at radius 2 is 1.86 bits per heavy atom. The average molecular weight is 400 g/mol. The highest BCUT2D eigenvalue weighted by atomic mass is 32.1. The normalized spacial score (nSPS) is 16.3. The number of halogens is 1. The number of hydrogen-bond acceptors (Lipinski definition) is 4. The number of nitrogens with zero attached hydrogens (tertiary/aromatic N) is 2. The SMILES string of the molecule is CNC(=O)CC1C(=O)N(c2ccccc2)C(=S)N1NC(=O)c1cccc(F)c1. The fourth-order valence-corrected chi connectivity index (χ4v) is 3.16. The molecule has 3 amide bonds. The molecule has 1 atom stereocenters. The molecule has 1 aliphatic heterocycles. The van der Waals surface area contributed by atoms with Crippen LogP contribution < -0.4 is 15.6 Å². The third-order valence-corrected chi connectivity index (χ3v) is 4.57. The van der Waals surface area contributed by atoms with Gasteiger partial charge in [-0.05, 0) is 42.5 Å².